The summed E-state index contributed by atoms with van der Waals surface area (Å²) in [6, 6.07) is 5.63. The lowest BCUT2D eigenvalue weighted by molar-refractivity contribution is -0.0619. The fraction of sp³-hybridized carbons (Fsp3) is 0.600. The molecule has 1 fully saturated rings. The van der Waals surface area contributed by atoms with Gasteiger partial charge in [-0.3, -0.25) is 0 Å². The molecule has 5 heteroatoms. The second-order valence-electron chi connectivity index (χ2n) is 5.43. The largest absolute Gasteiger partial charge is 0.496 e. The van der Waals surface area contributed by atoms with Crippen molar-refractivity contribution in [2.24, 2.45) is 5.92 Å². The summed E-state index contributed by atoms with van der Waals surface area (Å²) in [6.45, 7) is 0. The zero-order valence-corrected chi connectivity index (χ0v) is 13.0. The van der Waals surface area contributed by atoms with Gasteiger partial charge in [-0.05, 0) is 58.8 Å². The van der Waals surface area contributed by atoms with Crippen LogP contribution >= 0.6 is 15.9 Å². The molecule has 1 aliphatic carbocycles. The number of halogens is 3. The Morgan fingerprint density at radius 2 is 2.05 bits per heavy atom. The Labute approximate surface area is 126 Å². The maximum Gasteiger partial charge on any atom is 0.248 e. The first kappa shape index (κ1) is 15.7. The molecule has 1 atom stereocenters. The fourth-order valence-electron chi connectivity index (χ4n) is 2.69. The van der Waals surface area contributed by atoms with E-state index in [9.17, 15) is 13.9 Å². The van der Waals surface area contributed by atoms with Gasteiger partial charge < -0.3 is 9.84 Å². The molecule has 0 radical (unpaired) electrons. The van der Waals surface area contributed by atoms with Crippen molar-refractivity contribution in [3.8, 4) is 5.75 Å². The van der Waals surface area contributed by atoms with E-state index in [1.165, 1.54) is 0 Å². The Morgan fingerprint density at radius 3 is 2.60 bits per heavy atom. The number of rotatable bonds is 4. The molecule has 0 saturated heterocycles. The lowest BCUT2D eigenvalue weighted by Gasteiger charge is -2.31. The first-order valence-electron chi connectivity index (χ1n) is 6.79. The minimum Gasteiger partial charge on any atom is -0.496 e. The van der Waals surface area contributed by atoms with Gasteiger partial charge in [-0.25, -0.2) is 8.78 Å². The van der Waals surface area contributed by atoms with Gasteiger partial charge in [0.15, 0.2) is 0 Å². The summed E-state index contributed by atoms with van der Waals surface area (Å²) in [5.74, 6) is -1.84. The number of hydrogen-bond donors (Lipinski definition) is 1. The maximum absolute atomic E-state index is 13.1. The monoisotopic (exact) mass is 348 g/mol. The number of hydrogen-bond acceptors (Lipinski definition) is 2. The van der Waals surface area contributed by atoms with Crippen molar-refractivity contribution in [2.45, 2.75) is 44.1 Å². The van der Waals surface area contributed by atoms with Gasteiger partial charge >= 0.3 is 0 Å². The van der Waals surface area contributed by atoms with E-state index in [1.54, 1.807) is 7.11 Å². The number of ether oxygens (including phenoxy) is 1. The van der Waals surface area contributed by atoms with Gasteiger partial charge in [-0.15, -0.1) is 0 Å². The summed E-state index contributed by atoms with van der Waals surface area (Å²) in [4.78, 5) is 0. The van der Waals surface area contributed by atoms with Crippen LogP contribution in [0.4, 0.5) is 8.78 Å². The molecular formula is C15H19BrF2O2. The van der Waals surface area contributed by atoms with Crippen LogP contribution in [-0.4, -0.2) is 24.2 Å². The van der Waals surface area contributed by atoms with E-state index in [0.29, 0.717) is 19.3 Å². The molecule has 1 N–H and O–H groups in total. The van der Waals surface area contributed by atoms with Crippen LogP contribution in [0.5, 0.6) is 5.75 Å². The normalized spacial score (nSPS) is 20.6. The molecule has 1 aromatic rings. The number of aliphatic hydroxyl groups is 1. The molecule has 1 aliphatic rings. The van der Waals surface area contributed by atoms with Crippen molar-refractivity contribution in [3.05, 3.63) is 28.2 Å². The number of benzene rings is 1. The maximum atomic E-state index is 13.1. The number of alkyl halides is 2. The molecular weight excluding hydrogens is 330 g/mol. The van der Waals surface area contributed by atoms with Gasteiger partial charge in [0.2, 0.25) is 5.92 Å². The summed E-state index contributed by atoms with van der Waals surface area (Å²) in [6.07, 6.45) is 0.490. The molecule has 1 saturated carbocycles. The lowest BCUT2D eigenvalue weighted by atomic mass is 9.81. The van der Waals surface area contributed by atoms with Gasteiger partial charge in [0.05, 0.1) is 17.7 Å². The molecule has 1 aromatic carbocycles. The van der Waals surface area contributed by atoms with E-state index in [0.717, 1.165) is 15.8 Å². The van der Waals surface area contributed by atoms with Gasteiger partial charge in [0.1, 0.15) is 5.75 Å². The first-order valence-corrected chi connectivity index (χ1v) is 7.59. The summed E-state index contributed by atoms with van der Waals surface area (Å²) < 4.78 is 32.2. The van der Waals surface area contributed by atoms with Crippen LogP contribution in [0.2, 0.25) is 0 Å². The average molecular weight is 349 g/mol. The van der Waals surface area contributed by atoms with Crippen molar-refractivity contribution in [1.29, 1.82) is 0 Å². The van der Waals surface area contributed by atoms with Crippen molar-refractivity contribution >= 4 is 15.9 Å². The van der Waals surface area contributed by atoms with Gasteiger partial charge in [0, 0.05) is 12.8 Å². The van der Waals surface area contributed by atoms with Crippen molar-refractivity contribution in [2.75, 3.05) is 7.11 Å². The van der Waals surface area contributed by atoms with E-state index in [-0.39, 0.29) is 18.8 Å². The highest BCUT2D eigenvalue weighted by atomic mass is 79.9. The molecule has 2 nitrogen and oxygen atoms in total. The number of methoxy groups -OCH3 is 1. The second kappa shape index (κ2) is 6.39. The molecule has 0 heterocycles. The van der Waals surface area contributed by atoms with Crippen LogP contribution in [0.25, 0.3) is 0 Å². The van der Waals surface area contributed by atoms with E-state index in [4.69, 9.17) is 4.74 Å². The van der Waals surface area contributed by atoms with E-state index in [2.05, 4.69) is 15.9 Å². The predicted octanol–water partition coefficient (Wildman–Crippen LogP) is 4.19. The van der Waals surface area contributed by atoms with Gasteiger partial charge in [-0.2, -0.15) is 0 Å². The Hall–Kier alpha value is -0.680. The van der Waals surface area contributed by atoms with E-state index >= 15 is 0 Å². The topological polar surface area (TPSA) is 29.5 Å². The van der Waals surface area contributed by atoms with E-state index < -0.39 is 12.0 Å². The van der Waals surface area contributed by atoms with Crippen molar-refractivity contribution in [3.63, 3.8) is 0 Å². The molecule has 0 amide bonds. The van der Waals surface area contributed by atoms with Crippen LogP contribution in [0.3, 0.4) is 0 Å². The Bertz CT molecular complexity index is 455. The highest BCUT2D eigenvalue weighted by Gasteiger charge is 2.37. The molecule has 0 aromatic heterocycles. The molecule has 1 unspecified atom stereocenters. The lowest BCUT2D eigenvalue weighted by Crippen LogP contribution is -2.32. The van der Waals surface area contributed by atoms with Crippen LogP contribution in [0.1, 0.15) is 31.2 Å². The van der Waals surface area contributed by atoms with Crippen LogP contribution in [-0.2, 0) is 6.42 Å². The first-order chi connectivity index (χ1) is 9.41. The smallest absolute Gasteiger partial charge is 0.248 e. The molecule has 0 spiro atoms. The molecule has 2 rings (SSSR count). The summed E-state index contributed by atoms with van der Waals surface area (Å²) >= 11 is 3.40. The minimum atomic E-state index is -2.54. The summed E-state index contributed by atoms with van der Waals surface area (Å²) in [5, 5.41) is 10.2. The second-order valence-corrected chi connectivity index (χ2v) is 6.29. The average Bonchev–Trinajstić information content (AvgIpc) is 2.38. The Morgan fingerprint density at radius 1 is 1.40 bits per heavy atom. The van der Waals surface area contributed by atoms with Gasteiger partial charge in [-0.1, -0.05) is 6.07 Å². The third kappa shape index (κ3) is 3.92. The van der Waals surface area contributed by atoms with Gasteiger partial charge in [0.25, 0.3) is 0 Å². The zero-order chi connectivity index (χ0) is 14.8. The highest BCUT2D eigenvalue weighted by Crippen LogP contribution is 2.38. The molecule has 0 bridgehead atoms. The van der Waals surface area contributed by atoms with Crippen LogP contribution in [0.15, 0.2) is 22.7 Å². The predicted molar refractivity (Wildman–Crippen MR) is 77.3 cm³/mol. The molecule has 0 aliphatic heterocycles. The van der Waals surface area contributed by atoms with Crippen LogP contribution < -0.4 is 4.74 Å². The van der Waals surface area contributed by atoms with Crippen molar-refractivity contribution in [1.82, 2.24) is 0 Å². The Balaban J connectivity index is 1.94. The Kier molecular flexibility index (Phi) is 5.02. The third-order valence-corrected chi connectivity index (χ3v) is 4.59. The van der Waals surface area contributed by atoms with Crippen LogP contribution in [0, 0.1) is 5.92 Å². The molecule has 112 valence electrons. The minimum absolute atomic E-state index is 0.0319. The quantitative estimate of drug-likeness (QED) is 0.883. The summed E-state index contributed by atoms with van der Waals surface area (Å²) in [7, 11) is 1.59. The fourth-order valence-corrected chi connectivity index (χ4v) is 3.28. The molecule has 20 heavy (non-hydrogen) atoms. The summed E-state index contributed by atoms with van der Waals surface area (Å²) in [5.41, 5.74) is 0.975. The van der Waals surface area contributed by atoms with E-state index in [1.807, 2.05) is 18.2 Å². The standard InChI is InChI=1S/C15H19BrF2O2/c1-20-14-3-2-10(8-12(14)16)9-13(19)11-4-6-15(17,18)7-5-11/h2-3,8,11,13,19H,4-7,9H2,1H3. The third-order valence-electron chi connectivity index (χ3n) is 3.97. The SMILES string of the molecule is COc1ccc(CC(O)C2CCC(F)(F)CC2)cc1Br. The number of aliphatic hydroxyl groups excluding tert-OH is 1. The van der Waals surface area contributed by atoms with Crippen molar-refractivity contribution < 1.29 is 18.6 Å². The zero-order valence-electron chi connectivity index (χ0n) is 11.4. The highest BCUT2D eigenvalue weighted by molar-refractivity contribution is 9.10.